The number of benzene rings is 1. The van der Waals surface area contributed by atoms with E-state index in [0.717, 1.165) is 72.0 Å². The summed E-state index contributed by atoms with van der Waals surface area (Å²) in [6.07, 6.45) is 2.27. The fraction of sp³-hybridized carbons (Fsp3) is 0.519. The zero-order valence-electron chi connectivity index (χ0n) is 21.4. The molecule has 1 unspecified atom stereocenters. The fourth-order valence-electron chi connectivity index (χ4n) is 4.59. The molecule has 1 aliphatic rings. The fourth-order valence-corrected chi connectivity index (χ4v) is 4.59. The van der Waals surface area contributed by atoms with Crippen molar-refractivity contribution >= 4 is 0 Å². The van der Waals surface area contributed by atoms with Crippen LogP contribution < -0.4 is 10.1 Å². The SMILES string of the molecule is CNCC(O)COc1cccc(-c2nc(CC3(C)CCOCC3)c(C)c(-c3c(C)noc3C)n2)c1. The minimum atomic E-state index is -0.586. The Morgan fingerprint density at radius 3 is 2.63 bits per heavy atom. The number of rotatable bonds is 9. The Hall–Kier alpha value is -2.81. The number of nitrogens with zero attached hydrogens (tertiary/aromatic N) is 3. The molecule has 1 fully saturated rings. The molecule has 1 aromatic carbocycles. The molecule has 1 saturated heterocycles. The van der Waals surface area contributed by atoms with E-state index in [4.69, 9.17) is 24.0 Å². The number of aliphatic hydroxyl groups is 1. The van der Waals surface area contributed by atoms with E-state index >= 15 is 0 Å². The topological polar surface area (TPSA) is 103 Å². The summed E-state index contributed by atoms with van der Waals surface area (Å²) < 4.78 is 16.9. The summed E-state index contributed by atoms with van der Waals surface area (Å²) in [6, 6.07) is 7.71. The van der Waals surface area contributed by atoms with Gasteiger partial charge in [0.1, 0.15) is 24.2 Å². The molecule has 35 heavy (non-hydrogen) atoms. The zero-order valence-corrected chi connectivity index (χ0v) is 21.4. The first kappa shape index (κ1) is 25.3. The third kappa shape index (κ3) is 5.89. The maximum atomic E-state index is 10.0. The molecular weight excluding hydrogens is 444 g/mol. The molecule has 3 aromatic rings. The molecule has 1 atom stereocenters. The Labute approximate surface area is 207 Å². The van der Waals surface area contributed by atoms with Gasteiger partial charge in [-0.3, -0.25) is 0 Å². The molecule has 2 aromatic heterocycles. The monoisotopic (exact) mass is 480 g/mol. The number of aryl methyl sites for hydroxylation is 2. The van der Waals surface area contributed by atoms with E-state index in [1.165, 1.54) is 0 Å². The quantitative estimate of drug-likeness (QED) is 0.473. The van der Waals surface area contributed by atoms with Crippen LogP contribution in [0.5, 0.6) is 5.75 Å². The van der Waals surface area contributed by atoms with E-state index in [0.29, 0.717) is 18.1 Å². The Balaban J connectivity index is 1.74. The van der Waals surface area contributed by atoms with Crippen LogP contribution >= 0.6 is 0 Å². The first-order valence-electron chi connectivity index (χ1n) is 12.2. The molecule has 188 valence electrons. The zero-order chi connectivity index (χ0) is 25.0. The lowest BCUT2D eigenvalue weighted by molar-refractivity contribution is 0.0236. The lowest BCUT2D eigenvalue weighted by Gasteiger charge is -2.33. The van der Waals surface area contributed by atoms with Crippen molar-refractivity contribution in [3.05, 3.63) is 47.0 Å². The average Bonchev–Trinajstić information content (AvgIpc) is 3.17. The van der Waals surface area contributed by atoms with Crippen molar-refractivity contribution in [3.63, 3.8) is 0 Å². The third-order valence-corrected chi connectivity index (χ3v) is 6.79. The molecule has 0 aliphatic carbocycles. The Bertz CT molecular complexity index is 1130. The van der Waals surface area contributed by atoms with Crippen LogP contribution in [-0.2, 0) is 11.2 Å². The van der Waals surface area contributed by atoms with Crippen molar-refractivity contribution in [1.29, 1.82) is 0 Å². The van der Waals surface area contributed by atoms with E-state index in [-0.39, 0.29) is 12.0 Å². The molecule has 4 rings (SSSR count). The number of aliphatic hydroxyl groups excluding tert-OH is 1. The van der Waals surface area contributed by atoms with Crippen LogP contribution in [0, 0.1) is 26.2 Å². The van der Waals surface area contributed by atoms with Crippen LogP contribution in [0.4, 0.5) is 0 Å². The largest absolute Gasteiger partial charge is 0.491 e. The third-order valence-electron chi connectivity index (χ3n) is 6.79. The van der Waals surface area contributed by atoms with E-state index in [1.54, 1.807) is 7.05 Å². The lowest BCUT2D eigenvalue weighted by Crippen LogP contribution is -2.29. The summed E-state index contributed by atoms with van der Waals surface area (Å²) >= 11 is 0. The van der Waals surface area contributed by atoms with E-state index in [1.807, 2.05) is 38.1 Å². The normalized spacial score (nSPS) is 16.3. The predicted molar refractivity (Wildman–Crippen MR) is 134 cm³/mol. The van der Waals surface area contributed by atoms with Gasteiger partial charge in [0.15, 0.2) is 5.82 Å². The summed E-state index contributed by atoms with van der Waals surface area (Å²) in [4.78, 5) is 10.1. The van der Waals surface area contributed by atoms with E-state index in [9.17, 15) is 5.11 Å². The first-order chi connectivity index (χ1) is 16.8. The minimum absolute atomic E-state index is 0.124. The summed E-state index contributed by atoms with van der Waals surface area (Å²) in [5.74, 6) is 2.05. The highest BCUT2D eigenvalue weighted by molar-refractivity contribution is 5.71. The van der Waals surface area contributed by atoms with Crippen molar-refractivity contribution in [3.8, 4) is 28.4 Å². The number of ether oxygens (including phenoxy) is 2. The van der Waals surface area contributed by atoms with Crippen LogP contribution in [0.1, 0.15) is 42.5 Å². The summed E-state index contributed by atoms with van der Waals surface area (Å²) in [6.45, 7) is 10.5. The highest BCUT2D eigenvalue weighted by atomic mass is 16.5. The van der Waals surface area contributed by atoms with Crippen LogP contribution in [0.3, 0.4) is 0 Å². The maximum absolute atomic E-state index is 10.0. The van der Waals surface area contributed by atoms with Crippen molar-refractivity contribution in [2.45, 2.75) is 53.1 Å². The molecule has 0 saturated carbocycles. The molecule has 0 spiro atoms. The number of aromatic nitrogens is 3. The van der Waals surface area contributed by atoms with Crippen molar-refractivity contribution in [2.24, 2.45) is 5.41 Å². The van der Waals surface area contributed by atoms with Crippen LogP contribution in [-0.4, -0.2) is 59.7 Å². The number of likely N-dealkylation sites (N-methyl/N-ethyl adjacent to an activating group) is 1. The molecule has 3 heterocycles. The Morgan fingerprint density at radius 2 is 1.94 bits per heavy atom. The highest BCUT2D eigenvalue weighted by Gasteiger charge is 2.30. The second-order valence-electron chi connectivity index (χ2n) is 9.82. The Kier molecular flexibility index (Phi) is 7.84. The second kappa shape index (κ2) is 10.8. The van der Waals surface area contributed by atoms with Crippen LogP contribution in [0.15, 0.2) is 28.8 Å². The maximum Gasteiger partial charge on any atom is 0.160 e. The van der Waals surface area contributed by atoms with Gasteiger partial charge in [-0.05, 0) is 70.2 Å². The van der Waals surface area contributed by atoms with Crippen molar-refractivity contribution < 1.29 is 19.1 Å². The van der Waals surface area contributed by atoms with E-state index in [2.05, 4.69) is 24.3 Å². The Morgan fingerprint density at radius 1 is 1.17 bits per heavy atom. The number of nitrogens with one attached hydrogen (secondary N) is 1. The summed E-state index contributed by atoms with van der Waals surface area (Å²) in [5.41, 5.74) is 5.66. The molecule has 0 amide bonds. The minimum Gasteiger partial charge on any atom is -0.491 e. The molecule has 1 aliphatic heterocycles. The number of hydrogen-bond donors (Lipinski definition) is 2. The smallest absolute Gasteiger partial charge is 0.160 e. The molecular formula is C27H36N4O4. The van der Waals surface area contributed by atoms with Gasteiger partial charge in [-0.2, -0.15) is 0 Å². The summed E-state index contributed by atoms with van der Waals surface area (Å²) in [5, 5.41) is 17.1. The van der Waals surface area contributed by atoms with Gasteiger partial charge in [0.05, 0.1) is 17.0 Å². The molecule has 8 heteroatoms. The van der Waals surface area contributed by atoms with Crippen molar-refractivity contribution in [1.82, 2.24) is 20.4 Å². The van der Waals surface area contributed by atoms with Gasteiger partial charge < -0.3 is 24.4 Å². The van der Waals surface area contributed by atoms with Gasteiger partial charge in [-0.25, -0.2) is 9.97 Å². The van der Waals surface area contributed by atoms with Crippen molar-refractivity contribution in [2.75, 3.05) is 33.4 Å². The lowest BCUT2D eigenvalue weighted by atomic mass is 9.77. The van der Waals surface area contributed by atoms with Gasteiger partial charge in [0.25, 0.3) is 0 Å². The van der Waals surface area contributed by atoms with Gasteiger partial charge in [0, 0.05) is 31.0 Å². The number of hydrogen-bond acceptors (Lipinski definition) is 8. The van der Waals surface area contributed by atoms with E-state index < -0.39 is 6.10 Å². The average molecular weight is 481 g/mol. The molecule has 8 nitrogen and oxygen atoms in total. The van der Waals surface area contributed by atoms with Crippen LogP contribution in [0.2, 0.25) is 0 Å². The van der Waals surface area contributed by atoms with Gasteiger partial charge in [-0.1, -0.05) is 24.2 Å². The second-order valence-corrected chi connectivity index (χ2v) is 9.82. The first-order valence-corrected chi connectivity index (χ1v) is 12.2. The predicted octanol–water partition coefficient (Wildman–Crippen LogP) is 4.04. The van der Waals surface area contributed by atoms with Crippen LogP contribution in [0.25, 0.3) is 22.6 Å². The molecule has 0 bridgehead atoms. The highest BCUT2D eigenvalue weighted by Crippen LogP contribution is 2.37. The van der Waals surface area contributed by atoms with Gasteiger partial charge in [0.2, 0.25) is 0 Å². The van der Waals surface area contributed by atoms with Gasteiger partial charge >= 0.3 is 0 Å². The molecule has 2 N–H and O–H groups in total. The summed E-state index contributed by atoms with van der Waals surface area (Å²) in [7, 11) is 1.80. The molecule has 0 radical (unpaired) electrons. The van der Waals surface area contributed by atoms with Gasteiger partial charge in [-0.15, -0.1) is 0 Å². The standard InChI is InChI=1S/C27H36N4O4/c1-17-23(14-27(4)9-11-33-12-10-27)29-26(30-25(17)24-18(2)31-35-19(24)3)20-7-6-8-22(13-20)34-16-21(32)15-28-5/h6-8,13,21,28,32H,9-12,14-16H2,1-5H3.